The average molecular weight is 360 g/mol. The number of hydrogen-bond donors (Lipinski definition) is 0. The van der Waals surface area contributed by atoms with Crippen LogP contribution >= 0.6 is 23.4 Å². The third-order valence-electron chi connectivity index (χ3n) is 3.69. The lowest BCUT2D eigenvalue weighted by Gasteiger charge is -2.08. The second-order valence-electron chi connectivity index (χ2n) is 5.39. The van der Waals surface area contributed by atoms with Crippen LogP contribution in [0.2, 0.25) is 5.02 Å². The Morgan fingerprint density at radius 2 is 1.83 bits per heavy atom. The quantitative estimate of drug-likeness (QED) is 0.601. The average Bonchev–Trinajstić information content (AvgIpc) is 2.94. The van der Waals surface area contributed by atoms with E-state index >= 15 is 0 Å². The minimum Gasteiger partial charge on any atom is -0.485 e. The van der Waals surface area contributed by atoms with Crippen molar-refractivity contribution in [2.45, 2.75) is 24.4 Å². The fourth-order valence-corrected chi connectivity index (χ4v) is 3.43. The highest BCUT2D eigenvalue weighted by Gasteiger charge is 2.11. The van der Waals surface area contributed by atoms with Gasteiger partial charge in [0.25, 0.3) is 0 Å². The molecule has 0 saturated carbocycles. The zero-order chi connectivity index (χ0) is 16.9. The summed E-state index contributed by atoms with van der Waals surface area (Å²) in [5.41, 5.74) is 2.19. The Morgan fingerprint density at radius 1 is 1.08 bits per heavy atom. The van der Waals surface area contributed by atoms with Crippen molar-refractivity contribution in [1.29, 1.82) is 0 Å². The number of hydrogen-bond acceptors (Lipinski definition) is 4. The second-order valence-corrected chi connectivity index (χ2v) is 6.74. The SMILES string of the molecule is Cc1ccccc1OCc1nnc(SCc2ccccc2Cl)n1C. The molecule has 24 heavy (non-hydrogen) atoms. The Kier molecular flexibility index (Phi) is 5.43. The zero-order valence-corrected chi connectivity index (χ0v) is 15.1. The molecule has 0 fully saturated rings. The number of ether oxygens (including phenoxy) is 1. The van der Waals surface area contributed by atoms with Gasteiger partial charge < -0.3 is 9.30 Å². The van der Waals surface area contributed by atoms with Gasteiger partial charge in [-0.25, -0.2) is 0 Å². The number of thioether (sulfide) groups is 1. The van der Waals surface area contributed by atoms with Gasteiger partial charge in [0.1, 0.15) is 12.4 Å². The number of aromatic nitrogens is 3. The van der Waals surface area contributed by atoms with Crippen LogP contribution in [0, 0.1) is 6.92 Å². The van der Waals surface area contributed by atoms with E-state index in [0.29, 0.717) is 6.61 Å². The van der Waals surface area contributed by atoms with Crippen LogP contribution in [-0.2, 0) is 19.4 Å². The van der Waals surface area contributed by atoms with Crippen molar-refractivity contribution in [1.82, 2.24) is 14.8 Å². The molecule has 0 bridgehead atoms. The molecule has 2 aromatic carbocycles. The number of nitrogens with zero attached hydrogens (tertiary/aromatic N) is 3. The highest BCUT2D eigenvalue weighted by Crippen LogP contribution is 2.26. The van der Waals surface area contributed by atoms with E-state index in [4.69, 9.17) is 16.3 Å². The molecule has 1 aromatic heterocycles. The summed E-state index contributed by atoms with van der Waals surface area (Å²) in [6.07, 6.45) is 0. The van der Waals surface area contributed by atoms with Crippen molar-refractivity contribution >= 4 is 23.4 Å². The van der Waals surface area contributed by atoms with Gasteiger partial charge in [-0.05, 0) is 30.2 Å². The minimum absolute atomic E-state index is 0.390. The van der Waals surface area contributed by atoms with Crippen LogP contribution in [0.25, 0.3) is 0 Å². The van der Waals surface area contributed by atoms with Crippen LogP contribution in [0.4, 0.5) is 0 Å². The summed E-state index contributed by atoms with van der Waals surface area (Å²) in [6, 6.07) is 15.8. The van der Waals surface area contributed by atoms with Crippen LogP contribution in [0.1, 0.15) is 17.0 Å². The molecule has 3 aromatic rings. The highest BCUT2D eigenvalue weighted by atomic mass is 35.5. The Balaban J connectivity index is 1.63. The molecular weight excluding hydrogens is 342 g/mol. The normalized spacial score (nSPS) is 10.8. The smallest absolute Gasteiger partial charge is 0.191 e. The third-order valence-corrected chi connectivity index (χ3v) is 5.13. The molecule has 0 N–H and O–H groups in total. The summed E-state index contributed by atoms with van der Waals surface area (Å²) >= 11 is 7.80. The van der Waals surface area contributed by atoms with E-state index in [1.54, 1.807) is 11.8 Å². The van der Waals surface area contributed by atoms with Crippen LogP contribution in [0.15, 0.2) is 53.7 Å². The Hall–Kier alpha value is -1.98. The summed E-state index contributed by atoms with van der Waals surface area (Å²) in [5, 5.41) is 10.1. The maximum absolute atomic E-state index is 6.19. The molecule has 0 saturated heterocycles. The van der Waals surface area contributed by atoms with Crippen LogP contribution in [0.3, 0.4) is 0 Å². The van der Waals surface area contributed by atoms with E-state index in [1.807, 2.05) is 67.1 Å². The van der Waals surface area contributed by atoms with E-state index in [1.165, 1.54) is 0 Å². The third kappa shape index (κ3) is 3.91. The van der Waals surface area contributed by atoms with E-state index in [0.717, 1.165) is 38.6 Å². The van der Waals surface area contributed by atoms with Crippen molar-refractivity contribution in [2.24, 2.45) is 7.05 Å². The summed E-state index contributed by atoms with van der Waals surface area (Å²) in [4.78, 5) is 0. The van der Waals surface area contributed by atoms with Gasteiger partial charge in [-0.1, -0.05) is 59.8 Å². The molecule has 1 heterocycles. The molecule has 6 heteroatoms. The number of rotatable bonds is 6. The Morgan fingerprint density at radius 3 is 2.62 bits per heavy atom. The van der Waals surface area contributed by atoms with Gasteiger partial charge in [0, 0.05) is 17.8 Å². The first-order valence-corrected chi connectivity index (χ1v) is 8.94. The predicted molar refractivity (Wildman–Crippen MR) is 97.5 cm³/mol. The molecule has 0 aliphatic carbocycles. The Bertz CT molecular complexity index is 768. The molecule has 0 aliphatic rings. The monoisotopic (exact) mass is 359 g/mol. The van der Waals surface area contributed by atoms with Crippen molar-refractivity contribution in [3.63, 3.8) is 0 Å². The van der Waals surface area contributed by atoms with Gasteiger partial charge >= 0.3 is 0 Å². The first-order chi connectivity index (χ1) is 11.6. The second kappa shape index (κ2) is 7.73. The van der Waals surface area contributed by atoms with Gasteiger partial charge in [0.05, 0.1) is 0 Å². The summed E-state index contributed by atoms with van der Waals surface area (Å²) in [5.74, 6) is 2.41. The van der Waals surface area contributed by atoms with Crippen LogP contribution in [0.5, 0.6) is 5.75 Å². The molecule has 0 spiro atoms. The largest absolute Gasteiger partial charge is 0.485 e. The maximum Gasteiger partial charge on any atom is 0.191 e. The molecule has 0 amide bonds. The van der Waals surface area contributed by atoms with Gasteiger partial charge in [0.2, 0.25) is 0 Å². The first-order valence-electron chi connectivity index (χ1n) is 7.58. The van der Waals surface area contributed by atoms with E-state index in [-0.39, 0.29) is 0 Å². The van der Waals surface area contributed by atoms with Crippen molar-refractivity contribution in [2.75, 3.05) is 0 Å². The molecule has 0 aliphatic heterocycles. The summed E-state index contributed by atoms with van der Waals surface area (Å²) < 4.78 is 7.80. The lowest BCUT2D eigenvalue weighted by molar-refractivity contribution is 0.288. The first kappa shape index (κ1) is 16.9. The van der Waals surface area contributed by atoms with Crippen LogP contribution in [-0.4, -0.2) is 14.8 Å². The fraction of sp³-hybridized carbons (Fsp3) is 0.222. The van der Waals surface area contributed by atoms with Gasteiger partial charge in [-0.3, -0.25) is 0 Å². The van der Waals surface area contributed by atoms with Crippen LogP contribution < -0.4 is 4.74 Å². The maximum atomic E-state index is 6.19. The van der Waals surface area contributed by atoms with E-state index in [9.17, 15) is 0 Å². The molecule has 0 unspecified atom stereocenters. The van der Waals surface area contributed by atoms with Gasteiger partial charge in [0.15, 0.2) is 11.0 Å². The topological polar surface area (TPSA) is 39.9 Å². The number of para-hydroxylation sites is 1. The molecule has 124 valence electrons. The van der Waals surface area contributed by atoms with Crippen molar-refractivity contribution in [3.8, 4) is 5.75 Å². The molecule has 3 rings (SSSR count). The standard InChI is InChI=1S/C18H18ClN3OS/c1-13-7-3-6-10-16(13)23-11-17-20-21-18(22(17)2)24-12-14-8-4-5-9-15(14)19/h3-10H,11-12H2,1-2H3. The zero-order valence-electron chi connectivity index (χ0n) is 13.6. The minimum atomic E-state index is 0.390. The van der Waals surface area contributed by atoms with Gasteiger partial charge in [-0.15, -0.1) is 10.2 Å². The molecule has 4 nitrogen and oxygen atoms in total. The van der Waals surface area contributed by atoms with Crippen molar-refractivity contribution < 1.29 is 4.74 Å². The predicted octanol–water partition coefficient (Wildman–Crippen LogP) is 4.65. The van der Waals surface area contributed by atoms with E-state index in [2.05, 4.69) is 10.2 Å². The number of aryl methyl sites for hydroxylation is 1. The number of benzene rings is 2. The lowest BCUT2D eigenvalue weighted by Crippen LogP contribution is -2.04. The molecular formula is C18H18ClN3OS. The van der Waals surface area contributed by atoms with Crippen molar-refractivity contribution in [3.05, 3.63) is 70.5 Å². The van der Waals surface area contributed by atoms with E-state index < -0.39 is 0 Å². The lowest BCUT2D eigenvalue weighted by atomic mass is 10.2. The summed E-state index contributed by atoms with van der Waals surface area (Å²) in [7, 11) is 1.95. The summed E-state index contributed by atoms with van der Waals surface area (Å²) in [6.45, 7) is 2.41. The highest BCUT2D eigenvalue weighted by molar-refractivity contribution is 7.98. The van der Waals surface area contributed by atoms with Gasteiger partial charge in [-0.2, -0.15) is 0 Å². The number of halogens is 1. The molecule has 0 radical (unpaired) electrons. The fourth-order valence-electron chi connectivity index (χ4n) is 2.21. The molecule has 0 atom stereocenters. The Labute approximate surface area is 150 Å².